The smallest absolute Gasteiger partial charge is 0.175 e. The van der Waals surface area contributed by atoms with E-state index in [4.69, 9.17) is 4.74 Å². The van der Waals surface area contributed by atoms with Gasteiger partial charge in [-0.2, -0.15) is 0 Å². The first-order valence-corrected chi connectivity index (χ1v) is 6.21. The minimum absolute atomic E-state index is 0.218. The first-order chi connectivity index (χ1) is 7.27. The van der Waals surface area contributed by atoms with Gasteiger partial charge in [-0.25, -0.2) is 0 Å². The van der Waals surface area contributed by atoms with Crippen molar-refractivity contribution in [1.82, 2.24) is 0 Å². The van der Waals surface area contributed by atoms with Crippen LogP contribution >= 0.6 is 15.9 Å². The molecule has 0 unspecified atom stereocenters. The first kappa shape index (κ1) is 10.8. The van der Waals surface area contributed by atoms with Gasteiger partial charge in [0, 0.05) is 0 Å². The van der Waals surface area contributed by atoms with Gasteiger partial charge in [0.1, 0.15) is 0 Å². The van der Waals surface area contributed by atoms with E-state index in [1.165, 1.54) is 19.3 Å². The van der Waals surface area contributed by atoms with Crippen LogP contribution in [-0.2, 0) is 0 Å². The number of benzene rings is 1. The lowest BCUT2D eigenvalue weighted by atomic mass is 9.98. The monoisotopic (exact) mass is 270 g/mol. The predicted molar refractivity (Wildman–Crippen MR) is 63.3 cm³/mol. The quantitative estimate of drug-likeness (QED) is 0.884. The Balaban J connectivity index is 2.09. The molecular formula is C12H15BrO2. The number of aromatic hydroxyl groups is 1. The van der Waals surface area contributed by atoms with E-state index in [2.05, 4.69) is 15.9 Å². The van der Waals surface area contributed by atoms with Crippen molar-refractivity contribution in [2.24, 2.45) is 0 Å². The van der Waals surface area contributed by atoms with Crippen molar-refractivity contribution < 1.29 is 9.84 Å². The lowest BCUT2D eigenvalue weighted by Gasteiger charge is -2.23. The summed E-state index contributed by atoms with van der Waals surface area (Å²) < 4.78 is 6.65. The summed E-state index contributed by atoms with van der Waals surface area (Å²) in [5, 5.41) is 9.67. The van der Waals surface area contributed by atoms with Crippen molar-refractivity contribution in [3.05, 3.63) is 22.7 Å². The van der Waals surface area contributed by atoms with Crippen LogP contribution in [0.25, 0.3) is 0 Å². The summed E-state index contributed by atoms with van der Waals surface area (Å²) >= 11 is 3.39. The minimum atomic E-state index is 0.218. The summed E-state index contributed by atoms with van der Waals surface area (Å²) in [6.45, 7) is 0. The van der Waals surface area contributed by atoms with Crippen molar-refractivity contribution in [3.63, 3.8) is 0 Å². The lowest BCUT2D eigenvalue weighted by molar-refractivity contribution is 0.149. The van der Waals surface area contributed by atoms with Gasteiger partial charge < -0.3 is 9.84 Å². The Hall–Kier alpha value is -0.700. The van der Waals surface area contributed by atoms with Crippen LogP contribution in [0.2, 0.25) is 0 Å². The van der Waals surface area contributed by atoms with Crippen LogP contribution in [0, 0.1) is 0 Å². The third-order valence-electron chi connectivity index (χ3n) is 2.78. The van der Waals surface area contributed by atoms with Crippen LogP contribution in [0.3, 0.4) is 0 Å². The van der Waals surface area contributed by atoms with Crippen LogP contribution in [0.5, 0.6) is 11.5 Å². The number of phenolic OH excluding ortho intramolecular Hbond substituents is 1. The SMILES string of the molecule is Oc1cccc(Br)c1OC1CCCCC1. The fourth-order valence-electron chi connectivity index (χ4n) is 1.96. The van der Waals surface area contributed by atoms with Gasteiger partial charge in [0.2, 0.25) is 0 Å². The normalized spacial score (nSPS) is 17.7. The second kappa shape index (κ2) is 4.88. The van der Waals surface area contributed by atoms with Crippen LogP contribution in [0.4, 0.5) is 0 Å². The van der Waals surface area contributed by atoms with E-state index in [1.807, 2.05) is 6.07 Å². The maximum absolute atomic E-state index is 9.67. The summed E-state index contributed by atoms with van der Waals surface area (Å²) in [4.78, 5) is 0. The Kier molecular flexibility index (Phi) is 3.52. The Morgan fingerprint density at radius 3 is 2.60 bits per heavy atom. The van der Waals surface area contributed by atoms with Gasteiger partial charge in [-0.1, -0.05) is 12.5 Å². The molecule has 1 aromatic carbocycles. The second-order valence-electron chi connectivity index (χ2n) is 3.97. The summed E-state index contributed by atoms with van der Waals surface area (Å²) in [7, 11) is 0. The highest BCUT2D eigenvalue weighted by atomic mass is 79.9. The molecule has 1 N–H and O–H groups in total. The first-order valence-electron chi connectivity index (χ1n) is 5.41. The Morgan fingerprint density at radius 1 is 1.20 bits per heavy atom. The second-order valence-corrected chi connectivity index (χ2v) is 4.82. The maximum atomic E-state index is 9.67. The van der Waals surface area contributed by atoms with Gasteiger partial charge in [-0.15, -0.1) is 0 Å². The topological polar surface area (TPSA) is 29.5 Å². The molecule has 3 heteroatoms. The van der Waals surface area contributed by atoms with E-state index in [1.54, 1.807) is 12.1 Å². The fraction of sp³-hybridized carbons (Fsp3) is 0.500. The van der Waals surface area contributed by atoms with E-state index in [0.29, 0.717) is 5.75 Å². The lowest BCUT2D eigenvalue weighted by Crippen LogP contribution is -2.19. The van der Waals surface area contributed by atoms with Crippen molar-refractivity contribution in [2.75, 3.05) is 0 Å². The number of hydrogen-bond donors (Lipinski definition) is 1. The van der Waals surface area contributed by atoms with Gasteiger partial charge >= 0.3 is 0 Å². The summed E-state index contributed by atoms with van der Waals surface area (Å²) in [6.07, 6.45) is 6.23. The zero-order chi connectivity index (χ0) is 10.7. The number of phenols is 1. The summed E-state index contributed by atoms with van der Waals surface area (Å²) in [5.74, 6) is 0.805. The van der Waals surface area contributed by atoms with E-state index in [9.17, 15) is 5.11 Å². The molecule has 0 atom stereocenters. The van der Waals surface area contributed by atoms with E-state index >= 15 is 0 Å². The molecular weight excluding hydrogens is 256 g/mol. The number of rotatable bonds is 2. The number of ether oxygens (including phenoxy) is 1. The molecule has 0 amide bonds. The van der Waals surface area contributed by atoms with Gasteiger partial charge in [0.25, 0.3) is 0 Å². The fourth-order valence-corrected chi connectivity index (χ4v) is 2.41. The molecule has 1 fully saturated rings. The predicted octanol–water partition coefficient (Wildman–Crippen LogP) is 3.87. The molecule has 2 rings (SSSR count). The molecule has 2 nitrogen and oxygen atoms in total. The van der Waals surface area contributed by atoms with Crippen molar-refractivity contribution in [2.45, 2.75) is 38.2 Å². The largest absolute Gasteiger partial charge is 0.504 e. The Morgan fingerprint density at radius 2 is 1.93 bits per heavy atom. The van der Waals surface area contributed by atoms with Crippen LogP contribution in [-0.4, -0.2) is 11.2 Å². The number of hydrogen-bond acceptors (Lipinski definition) is 2. The van der Waals surface area contributed by atoms with E-state index in [-0.39, 0.29) is 11.9 Å². The highest BCUT2D eigenvalue weighted by Crippen LogP contribution is 2.36. The molecule has 1 saturated carbocycles. The van der Waals surface area contributed by atoms with Crippen LogP contribution in [0.1, 0.15) is 32.1 Å². The molecule has 0 spiro atoms. The maximum Gasteiger partial charge on any atom is 0.175 e. The van der Waals surface area contributed by atoms with Gasteiger partial charge in [0.05, 0.1) is 10.6 Å². The molecule has 1 aliphatic carbocycles. The molecule has 82 valence electrons. The minimum Gasteiger partial charge on any atom is -0.504 e. The van der Waals surface area contributed by atoms with Gasteiger partial charge in [-0.05, 0) is 53.7 Å². The zero-order valence-corrected chi connectivity index (χ0v) is 10.2. The molecule has 1 aromatic rings. The Labute approximate surface area is 98.4 Å². The molecule has 0 bridgehead atoms. The summed E-state index contributed by atoms with van der Waals surface area (Å²) in [6, 6.07) is 5.34. The molecule has 0 saturated heterocycles. The molecule has 1 aliphatic rings. The average molecular weight is 271 g/mol. The Bertz CT molecular complexity index is 312. The van der Waals surface area contributed by atoms with E-state index < -0.39 is 0 Å². The highest BCUT2D eigenvalue weighted by molar-refractivity contribution is 9.10. The summed E-state index contributed by atoms with van der Waals surface area (Å²) in [5.41, 5.74) is 0. The molecule has 0 aromatic heterocycles. The van der Waals surface area contributed by atoms with Gasteiger partial charge in [0.15, 0.2) is 11.5 Å². The molecule has 0 aliphatic heterocycles. The molecule has 15 heavy (non-hydrogen) atoms. The van der Waals surface area contributed by atoms with Gasteiger partial charge in [-0.3, -0.25) is 0 Å². The van der Waals surface area contributed by atoms with E-state index in [0.717, 1.165) is 17.3 Å². The van der Waals surface area contributed by atoms with Crippen molar-refractivity contribution in [1.29, 1.82) is 0 Å². The number of halogens is 1. The highest BCUT2D eigenvalue weighted by Gasteiger charge is 2.17. The average Bonchev–Trinajstić information content (AvgIpc) is 2.25. The molecule has 0 heterocycles. The standard InChI is InChI=1S/C12H15BrO2/c13-10-7-4-8-11(14)12(10)15-9-5-2-1-3-6-9/h4,7-9,14H,1-3,5-6H2. The van der Waals surface area contributed by atoms with Crippen molar-refractivity contribution in [3.8, 4) is 11.5 Å². The third kappa shape index (κ3) is 2.65. The molecule has 0 radical (unpaired) electrons. The zero-order valence-electron chi connectivity index (χ0n) is 8.58. The van der Waals surface area contributed by atoms with Crippen LogP contribution in [0.15, 0.2) is 22.7 Å². The third-order valence-corrected chi connectivity index (χ3v) is 3.41. The number of para-hydroxylation sites is 1. The van der Waals surface area contributed by atoms with Crippen molar-refractivity contribution >= 4 is 15.9 Å². The van der Waals surface area contributed by atoms with Crippen LogP contribution < -0.4 is 4.74 Å².